The molecule has 0 fully saturated rings. The predicted molar refractivity (Wildman–Crippen MR) is 131 cm³/mol. The molecule has 34 heavy (non-hydrogen) atoms. The molecule has 0 saturated heterocycles. The average Bonchev–Trinajstić information content (AvgIpc) is 2.90. The molecule has 0 bridgehead atoms. The van der Waals surface area contributed by atoms with Crippen LogP contribution in [-0.2, 0) is 9.47 Å². The molecule has 0 radical (unpaired) electrons. The Morgan fingerprint density at radius 3 is 1.53 bits per heavy atom. The molecule has 0 spiro atoms. The highest BCUT2D eigenvalue weighted by Gasteiger charge is 2.27. The van der Waals surface area contributed by atoms with Gasteiger partial charge in [0, 0.05) is 11.1 Å². The van der Waals surface area contributed by atoms with Crippen molar-refractivity contribution in [2.75, 3.05) is 14.2 Å². The van der Waals surface area contributed by atoms with E-state index < -0.39 is 11.9 Å². The van der Waals surface area contributed by atoms with Gasteiger partial charge < -0.3 is 9.47 Å². The number of rotatable bonds is 4. The van der Waals surface area contributed by atoms with Crippen LogP contribution in [-0.4, -0.2) is 36.1 Å². The number of hydrogen-bond acceptors (Lipinski definition) is 6. The summed E-state index contributed by atoms with van der Waals surface area (Å²) >= 11 is 0. The Labute approximate surface area is 195 Å². The first-order valence-corrected chi connectivity index (χ1v) is 10.7. The van der Waals surface area contributed by atoms with E-state index in [2.05, 4.69) is 9.97 Å². The minimum absolute atomic E-state index is 0.00339. The molecular formula is C28H20N2O4. The topological polar surface area (TPSA) is 78.4 Å². The summed E-state index contributed by atoms with van der Waals surface area (Å²) in [5.41, 5.74) is 1.55. The Hall–Kier alpha value is -4.58. The zero-order valence-corrected chi connectivity index (χ0v) is 18.6. The van der Waals surface area contributed by atoms with Gasteiger partial charge in [-0.05, 0) is 39.2 Å². The van der Waals surface area contributed by atoms with Crippen LogP contribution in [0.1, 0.15) is 21.0 Å². The quantitative estimate of drug-likeness (QED) is 0.329. The van der Waals surface area contributed by atoms with E-state index in [1.807, 2.05) is 84.9 Å². The summed E-state index contributed by atoms with van der Waals surface area (Å²) < 4.78 is 10.1. The van der Waals surface area contributed by atoms with E-state index in [1.165, 1.54) is 14.2 Å². The minimum Gasteiger partial charge on any atom is -0.464 e. The number of methoxy groups -OCH3 is 2. The number of nitrogens with zero attached hydrogens (tertiary/aromatic N) is 2. The van der Waals surface area contributed by atoms with E-state index in [0.717, 1.165) is 21.5 Å². The second kappa shape index (κ2) is 8.75. The molecule has 0 atom stereocenters. The summed E-state index contributed by atoms with van der Waals surface area (Å²) in [6, 6.07) is 27.1. The summed E-state index contributed by atoms with van der Waals surface area (Å²) in [4.78, 5) is 34.9. The van der Waals surface area contributed by atoms with Gasteiger partial charge in [-0.3, -0.25) is 0 Å². The van der Waals surface area contributed by atoms with Crippen LogP contribution in [0, 0.1) is 0 Å². The number of ether oxygens (including phenoxy) is 2. The van der Waals surface area contributed by atoms with Crippen molar-refractivity contribution in [2.45, 2.75) is 0 Å². The highest BCUT2D eigenvalue weighted by molar-refractivity contribution is 6.05. The summed E-state index contributed by atoms with van der Waals surface area (Å²) in [6.45, 7) is 0. The standard InChI is InChI=1S/C28H20N2O4/c1-33-27(31)24-23(21-13-11-17-7-3-5-9-19(17)15-21)25(28(32)34-2)30-26(29-24)22-14-12-18-8-4-6-10-20(18)16-22/h3-16H,1-2H3. The number of fused-ring (bicyclic) bond motifs is 2. The van der Waals surface area contributed by atoms with Gasteiger partial charge in [-0.15, -0.1) is 0 Å². The first-order chi connectivity index (χ1) is 16.6. The molecule has 0 amide bonds. The van der Waals surface area contributed by atoms with Crippen molar-refractivity contribution in [3.05, 3.63) is 96.3 Å². The van der Waals surface area contributed by atoms with Gasteiger partial charge in [0.1, 0.15) is 0 Å². The highest BCUT2D eigenvalue weighted by atomic mass is 16.5. The van der Waals surface area contributed by atoms with Gasteiger partial charge in [-0.2, -0.15) is 0 Å². The molecule has 0 aliphatic heterocycles. The molecule has 0 aliphatic carbocycles. The van der Waals surface area contributed by atoms with Crippen LogP contribution in [0.25, 0.3) is 44.1 Å². The van der Waals surface area contributed by atoms with Gasteiger partial charge in [0.05, 0.1) is 14.2 Å². The normalized spacial score (nSPS) is 10.9. The second-order valence-electron chi connectivity index (χ2n) is 7.73. The van der Waals surface area contributed by atoms with Gasteiger partial charge in [-0.25, -0.2) is 19.6 Å². The van der Waals surface area contributed by atoms with Crippen LogP contribution in [0.2, 0.25) is 0 Å². The van der Waals surface area contributed by atoms with Gasteiger partial charge in [-0.1, -0.05) is 72.8 Å². The molecule has 0 saturated carbocycles. The van der Waals surface area contributed by atoms with Crippen LogP contribution in [0.3, 0.4) is 0 Å². The number of carbonyl (C=O) groups excluding carboxylic acids is 2. The fourth-order valence-corrected chi connectivity index (χ4v) is 4.03. The molecule has 1 aromatic heterocycles. The Kier molecular flexibility index (Phi) is 5.47. The third-order valence-electron chi connectivity index (χ3n) is 5.71. The highest BCUT2D eigenvalue weighted by Crippen LogP contribution is 2.32. The molecule has 6 nitrogen and oxygen atoms in total. The monoisotopic (exact) mass is 448 g/mol. The van der Waals surface area contributed by atoms with Crippen LogP contribution in [0.5, 0.6) is 0 Å². The first kappa shape index (κ1) is 21.3. The molecule has 4 aromatic carbocycles. The van der Waals surface area contributed by atoms with Crippen molar-refractivity contribution in [2.24, 2.45) is 0 Å². The SMILES string of the molecule is COC(=O)c1nc(-c2ccc3ccccc3c2)nc(C(=O)OC)c1-c1ccc2ccccc2c1. The second-order valence-corrected chi connectivity index (χ2v) is 7.73. The molecule has 0 N–H and O–H groups in total. The molecule has 1 heterocycles. The lowest BCUT2D eigenvalue weighted by atomic mass is 9.97. The van der Waals surface area contributed by atoms with Gasteiger partial charge >= 0.3 is 11.9 Å². The number of hydrogen-bond donors (Lipinski definition) is 0. The van der Waals surface area contributed by atoms with Gasteiger partial charge in [0.15, 0.2) is 17.2 Å². The summed E-state index contributed by atoms with van der Waals surface area (Å²) in [5.74, 6) is -1.11. The van der Waals surface area contributed by atoms with E-state index in [-0.39, 0.29) is 22.8 Å². The average molecular weight is 448 g/mol. The molecular weight excluding hydrogens is 428 g/mol. The van der Waals surface area contributed by atoms with Crippen LogP contribution < -0.4 is 0 Å². The van der Waals surface area contributed by atoms with Crippen molar-refractivity contribution < 1.29 is 19.1 Å². The number of benzene rings is 4. The summed E-state index contributed by atoms with van der Waals surface area (Å²) in [5, 5.41) is 4.02. The predicted octanol–water partition coefficient (Wildman–Crippen LogP) is 5.69. The van der Waals surface area contributed by atoms with Crippen molar-refractivity contribution >= 4 is 33.5 Å². The molecule has 5 aromatic rings. The molecule has 0 unspecified atom stereocenters. The fraction of sp³-hybridized carbons (Fsp3) is 0.0714. The Morgan fingerprint density at radius 1 is 0.588 bits per heavy atom. The zero-order valence-electron chi connectivity index (χ0n) is 18.6. The van der Waals surface area contributed by atoms with Crippen LogP contribution >= 0.6 is 0 Å². The lowest BCUT2D eigenvalue weighted by Gasteiger charge is -2.14. The first-order valence-electron chi connectivity index (χ1n) is 10.7. The van der Waals surface area contributed by atoms with E-state index in [1.54, 1.807) is 0 Å². The van der Waals surface area contributed by atoms with Crippen molar-refractivity contribution in [3.63, 3.8) is 0 Å². The third-order valence-corrected chi connectivity index (χ3v) is 5.71. The number of esters is 2. The van der Waals surface area contributed by atoms with Gasteiger partial charge in [0.2, 0.25) is 0 Å². The van der Waals surface area contributed by atoms with Gasteiger partial charge in [0.25, 0.3) is 0 Å². The van der Waals surface area contributed by atoms with Crippen LogP contribution in [0.4, 0.5) is 0 Å². The summed E-state index contributed by atoms with van der Waals surface area (Å²) in [6.07, 6.45) is 0. The molecule has 5 rings (SSSR count). The van der Waals surface area contributed by atoms with E-state index in [9.17, 15) is 9.59 Å². The maximum Gasteiger partial charge on any atom is 0.357 e. The Bertz CT molecular complexity index is 1540. The minimum atomic E-state index is -0.669. The molecule has 166 valence electrons. The lowest BCUT2D eigenvalue weighted by molar-refractivity contribution is 0.0592. The summed E-state index contributed by atoms with van der Waals surface area (Å²) in [7, 11) is 2.56. The Morgan fingerprint density at radius 2 is 1.03 bits per heavy atom. The number of aromatic nitrogens is 2. The van der Waals surface area contributed by atoms with Crippen molar-refractivity contribution in [3.8, 4) is 22.5 Å². The van der Waals surface area contributed by atoms with Crippen molar-refractivity contribution in [1.29, 1.82) is 0 Å². The third kappa shape index (κ3) is 3.75. The fourth-order valence-electron chi connectivity index (χ4n) is 4.03. The molecule has 0 aliphatic rings. The van der Waals surface area contributed by atoms with E-state index in [0.29, 0.717) is 11.1 Å². The van der Waals surface area contributed by atoms with Crippen molar-refractivity contribution in [1.82, 2.24) is 9.97 Å². The number of carbonyl (C=O) groups is 2. The lowest BCUT2D eigenvalue weighted by Crippen LogP contribution is -2.16. The maximum absolute atomic E-state index is 12.9. The van der Waals surface area contributed by atoms with E-state index in [4.69, 9.17) is 9.47 Å². The van der Waals surface area contributed by atoms with E-state index >= 15 is 0 Å². The van der Waals surface area contributed by atoms with Crippen LogP contribution in [0.15, 0.2) is 84.9 Å². The Balaban J connectivity index is 1.79. The largest absolute Gasteiger partial charge is 0.464 e. The maximum atomic E-state index is 12.9. The smallest absolute Gasteiger partial charge is 0.357 e. The zero-order chi connectivity index (χ0) is 23.7. The molecule has 6 heteroatoms.